The van der Waals surface area contributed by atoms with Gasteiger partial charge in [0.25, 0.3) is 5.91 Å². The molecule has 1 fully saturated rings. The maximum Gasteiger partial charge on any atom is 0.434 e. The summed E-state index contributed by atoms with van der Waals surface area (Å²) in [7, 11) is 0. The molecule has 0 aliphatic carbocycles. The van der Waals surface area contributed by atoms with E-state index in [1.807, 2.05) is 0 Å². The lowest BCUT2D eigenvalue weighted by atomic mass is 9.97. The van der Waals surface area contributed by atoms with Gasteiger partial charge in [-0.2, -0.15) is 13.2 Å². The number of aromatic nitrogens is 2. The number of nitrogens with zero attached hydrogens (tertiary/aromatic N) is 2. The van der Waals surface area contributed by atoms with E-state index >= 15 is 0 Å². The van der Waals surface area contributed by atoms with Crippen molar-refractivity contribution in [3.8, 4) is 11.1 Å². The zero-order valence-electron chi connectivity index (χ0n) is 19.6. The zero-order chi connectivity index (χ0) is 27.4. The Bertz CT molecular complexity index is 1290. The van der Waals surface area contributed by atoms with Crippen LogP contribution in [0.4, 0.5) is 19.0 Å². The van der Waals surface area contributed by atoms with Crippen molar-refractivity contribution >= 4 is 17.7 Å². The van der Waals surface area contributed by atoms with Crippen molar-refractivity contribution in [1.82, 2.24) is 15.3 Å². The highest BCUT2D eigenvalue weighted by molar-refractivity contribution is 5.94. The lowest BCUT2D eigenvalue weighted by Gasteiger charge is -2.38. The minimum Gasteiger partial charge on any atom is -0.478 e. The molecule has 1 aromatic heterocycles. The number of carboxylic acid groups (broad SMARTS) is 1. The summed E-state index contributed by atoms with van der Waals surface area (Å²) in [6.45, 7) is -0.308. The number of anilines is 1. The standard InChI is InChI=1S/C25H23F3N4O6/c26-25(27,28)19-10-29-11-20(32-19)31-17-12-38-18(22(34)21(17)33)9-30-23(35)15-5-1-13(2-6-15)14-3-7-16(8-4-14)24(36)37/h1-8,10-11,17-18,21-22,33-34H,9,12H2,(H,30,35)(H,31,32)(H,36,37)/t17-,18+,21+,22-/m0/s1. The van der Waals surface area contributed by atoms with E-state index in [0.717, 1.165) is 17.3 Å². The van der Waals surface area contributed by atoms with Gasteiger partial charge in [0.15, 0.2) is 5.69 Å². The number of nitrogens with one attached hydrogen (secondary N) is 2. The van der Waals surface area contributed by atoms with Crippen LogP contribution < -0.4 is 10.6 Å². The van der Waals surface area contributed by atoms with Crippen molar-refractivity contribution in [2.75, 3.05) is 18.5 Å². The van der Waals surface area contributed by atoms with Crippen LogP contribution in [0.5, 0.6) is 0 Å². The Balaban J connectivity index is 1.31. The molecular weight excluding hydrogens is 509 g/mol. The number of benzene rings is 2. The number of carboxylic acids is 1. The Kier molecular flexibility index (Phi) is 7.90. The fourth-order valence-corrected chi connectivity index (χ4v) is 3.87. The second-order valence-corrected chi connectivity index (χ2v) is 8.56. The van der Waals surface area contributed by atoms with E-state index in [-0.39, 0.29) is 24.5 Å². The average molecular weight is 532 g/mol. The predicted molar refractivity (Wildman–Crippen MR) is 127 cm³/mol. The second-order valence-electron chi connectivity index (χ2n) is 8.56. The minimum absolute atomic E-state index is 0.133. The van der Waals surface area contributed by atoms with Crippen molar-refractivity contribution in [3.05, 3.63) is 77.7 Å². The molecule has 0 saturated carbocycles. The number of carbonyl (C=O) groups is 2. The molecule has 1 saturated heterocycles. The average Bonchev–Trinajstić information content (AvgIpc) is 2.90. The van der Waals surface area contributed by atoms with Crippen LogP contribution in [-0.2, 0) is 10.9 Å². The van der Waals surface area contributed by atoms with Gasteiger partial charge < -0.3 is 30.7 Å². The van der Waals surface area contributed by atoms with Crippen LogP contribution in [0.2, 0.25) is 0 Å². The monoisotopic (exact) mass is 532 g/mol. The molecule has 38 heavy (non-hydrogen) atoms. The lowest BCUT2D eigenvalue weighted by molar-refractivity contribution is -0.141. The molecule has 5 N–H and O–H groups in total. The molecule has 13 heteroatoms. The maximum atomic E-state index is 12.8. The summed E-state index contributed by atoms with van der Waals surface area (Å²) in [5.74, 6) is -1.73. The molecule has 1 amide bonds. The number of carbonyl (C=O) groups excluding carboxylic acids is 1. The Morgan fingerprint density at radius 1 is 0.947 bits per heavy atom. The maximum absolute atomic E-state index is 12.8. The summed E-state index contributed by atoms with van der Waals surface area (Å²) in [5.41, 5.74) is 0.822. The van der Waals surface area contributed by atoms with Gasteiger partial charge in [0.2, 0.25) is 0 Å². The quantitative estimate of drug-likeness (QED) is 0.308. The fourth-order valence-electron chi connectivity index (χ4n) is 3.87. The first-order chi connectivity index (χ1) is 18.0. The number of halogens is 3. The lowest BCUT2D eigenvalue weighted by Crippen LogP contribution is -2.58. The first kappa shape index (κ1) is 27.0. The zero-order valence-corrected chi connectivity index (χ0v) is 19.6. The highest BCUT2D eigenvalue weighted by Crippen LogP contribution is 2.28. The molecule has 1 aliphatic heterocycles. The number of ether oxygens (including phenoxy) is 1. The van der Waals surface area contributed by atoms with Crippen molar-refractivity contribution < 1.29 is 42.8 Å². The van der Waals surface area contributed by atoms with Crippen LogP contribution in [0.25, 0.3) is 11.1 Å². The van der Waals surface area contributed by atoms with Crippen molar-refractivity contribution in [2.45, 2.75) is 30.5 Å². The van der Waals surface area contributed by atoms with Crippen LogP contribution in [0.1, 0.15) is 26.4 Å². The van der Waals surface area contributed by atoms with E-state index in [9.17, 15) is 33.0 Å². The number of hydrogen-bond donors (Lipinski definition) is 5. The summed E-state index contributed by atoms with van der Waals surface area (Å²) >= 11 is 0. The van der Waals surface area contributed by atoms with Gasteiger partial charge >= 0.3 is 12.1 Å². The van der Waals surface area contributed by atoms with Gasteiger partial charge in [0.1, 0.15) is 24.1 Å². The van der Waals surface area contributed by atoms with Gasteiger partial charge in [-0.15, -0.1) is 0 Å². The van der Waals surface area contributed by atoms with E-state index in [1.54, 1.807) is 36.4 Å². The summed E-state index contributed by atoms with van der Waals surface area (Å²) in [5, 5.41) is 35.1. The van der Waals surface area contributed by atoms with Gasteiger partial charge in [-0.3, -0.25) is 9.78 Å². The van der Waals surface area contributed by atoms with Crippen molar-refractivity contribution in [1.29, 1.82) is 0 Å². The second kappa shape index (κ2) is 11.1. The molecule has 10 nitrogen and oxygen atoms in total. The molecular formula is C25H23F3N4O6. The van der Waals surface area contributed by atoms with E-state index in [2.05, 4.69) is 20.6 Å². The number of alkyl halides is 3. The molecule has 0 unspecified atom stereocenters. The highest BCUT2D eigenvalue weighted by Gasteiger charge is 2.39. The van der Waals surface area contributed by atoms with Crippen LogP contribution in [-0.4, -0.2) is 74.7 Å². The molecule has 200 valence electrons. The Labute approximate surface area is 214 Å². The van der Waals surface area contributed by atoms with Crippen molar-refractivity contribution in [2.24, 2.45) is 0 Å². The van der Waals surface area contributed by atoms with Gasteiger partial charge in [-0.25, -0.2) is 9.78 Å². The number of aliphatic hydroxyl groups excluding tert-OH is 2. The smallest absolute Gasteiger partial charge is 0.434 e. The molecule has 2 heterocycles. The Hall–Kier alpha value is -4.07. The van der Waals surface area contributed by atoms with E-state index in [0.29, 0.717) is 11.8 Å². The highest BCUT2D eigenvalue weighted by atomic mass is 19.4. The predicted octanol–water partition coefficient (Wildman–Crippen LogP) is 2.19. The summed E-state index contributed by atoms with van der Waals surface area (Å²) in [4.78, 5) is 30.5. The van der Waals surface area contributed by atoms with Gasteiger partial charge in [-0.05, 0) is 35.4 Å². The van der Waals surface area contributed by atoms with Gasteiger partial charge in [0.05, 0.1) is 30.6 Å². The molecule has 0 spiro atoms. The summed E-state index contributed by atoms with van der Waals surface area (Å²) in [6.07, 6.45) is -6.91. The summed E-state index contributed by atoms with van der Waals surface area (Å²) < 4.78 is 44.1. The third-order valence-corrected chi connectivity index (χ3v) is 5.97. The molecule has 3 aromatic rings. The van der Waals surface area contributed by atoms with E-state index < -0.39 is 48.1 Å². The third-order valence-electron chi connectivity index (χ3n) is 5.97. The number of rotatable bonds is 7. The molecule has 2 aromatic carbocycles. The SMILES string of the molecule is O=C(O)c1ccc(-c2ccc(C(=O)NC[C@H]3OC[C@H](Nc4cncc(C(F)(F)F)n4)[C@@H](O)[C@H]3O)cc2)cc1. The number of aliphatic hydroxyl groups is 2. The molecule has 0 bridgehead atoms. The van der Waals surface area contributed by atoms with Gasteiger partial charge in [-0.1, -0.05) is 24.3 Å². The largest absolute Gasteiger partial charge is 0.478 e. The van der Waals surface area contributed by atoms with Crippen molar-refractivity contribution in [3.63, 3.8) is 0 Å². The number of hydrogen-bond acceptors (Lipinski definition) is 8. The summed E-state index contributed by atoms with van der Waals surface area (Å²) in [6, 6.07) is 11.9. The van der Waals surface area contributed by atoms with E-state index in [1.165, 1.54) is 12.1 Å². The third kappa shape index (κ3) is 6.25. The number of amides is 1. The first-order valence-electron chi connectivity index (χ1n) is 11.4. The normalized spacial score (nSPS) is 21.5. The van der Waals surface area contributed by atoms with Gasteiger partial charge in [0, 0.05) is 12.1 Å². The molecule has 4 atom stereocenters. The topological polar surface area (TPSA) is 154 Å². The molecule has 1 aliphatic rings. The molecule has 0 radical (unpaired) electrons. The molecule has 4 rings (SSSR count). The van der Waals surface area contributed by atoms with Crippen LogP contribution in [0, 0.1) is 0 Å². The Morgan fingerprint density at radius 2 is 1.55 bits per heavy atom. The van der Waals surface area contributed by atoms with Crippen LogP contribution >= 0.6 is 0 Å². The fraction of sp³-hybridized carbons (Fsp3) is 0.280. The Morgan fingerprint density at radius 3 is 2.13 bits per heavy atom. The van der Waals surface area contributed by atoms with E-state index in [4.69, 9.17) is 9.84 Å². The van der Waals surface area contributed by atoms with Crippen LogP contribution in [0.3, 0.4) is 0 Å². The number of aromatic carboxylic acids is 1. The van der Waals surface area contributed by atoms with Crippen LogP contribution in [0.15, 0.2) is 60.9 Å². The first-order valence-corrected chi connectivity index (χ1v) is 11.4. The minimum atomic E-state index is -4.69.